The van der Waals surface area contributed by atoms with E-state index in [1.807, 2.05) is 0 Å². The average molecular weight is 309 g/mol. The van der Waals surface area contributed by atoms with E-state index >= 15 is 0 Å². The molecule has 0 aliphatic carbocycles. The average Bonchev–Trinajstić information content (AvgIpc) is 2.39. The standard InChI is InChI=1S/C18H29ClN2/c1-14(2)11-20-12-15-6-7-16(10-17(15)19)21-9-5-8-18(3,4)13-21/h6-7,10,14,20H,5,8-9,11-13H2,1-4H3. The minimum atomic E-state index is 0.405. The van der Waals surface area contributed by atoms with Crippen molar-refractivity contribution in [2.75, 3.05) is 24.5 Å². The van der Waals surface area contributed by atoms with Crippen molar-refractivity contribution in [2.45, 2.75) is 47.1 Å². The molecule has 0 unspecified atom stereocenters. The first kappa shape index (κ1) is 16.6. The third-order valence-electron chi connectivity index (χ3n) is 4.17. The molecule has 21 heavy (non-hydrogen) atoms. The minimum absolute atomic E-state index is 0.405. The van der Waals surface area contributed by atoms with Crippen LogP contribution in [0.25, 0.3) is 0 Å². The number of anilines is 1. The highest BCUT2D eigenvalue weighted by atomic mass is 35.5. The number of rotatable bonds is 5. The lowest BCUT2D eigenvalue weighted by molar-refractivity contribution is 0.293. The molecule has 0 radical (unpaired) electrons. The first-order valence-corrected chi connectivity index (χ1v) is 8.49. The van der Waals surface area contributed by atoms with E-state index in [2.05, 4.69) is 56.1 Å². The van der Waals surface area contributed by atoms with Gasteiger partial charge in [-0.25, -0.2) is 0 Å². The summed E-state index contributed by atoms with van der Waals surface area (Å²) in [5.41, 5.74) is 2.86. The molecule has 1 heterocycles. The molecule has 0 spiro atoms. The quantitative estimate of drug-likeness (QED) is 0.847. The lowest BCUT2D eigenvalue weighted by atomic mass is 9.84. The van der Waals surface area contributed by atoms with E-state index in [0.29, 0.717) is 11.3 Å². The van der Waals surface area contributed by atoms with Gasteiger partial charge in [-0.2, -0.15) is 0 Å². The van der Waals surface area contributed by atoms with Crippen molar-refractivity contribution in [3.8, 4) is 0 Å². The van der Waals surface area contributed by atoms with Crippen LogP contribution in [0.4, 0.5) is 5.69 Å². The number of hydrogen-bond donors (Lipinski definition) is 1. The van der Waals surface area contributed by atoms with Gasteiger partial charge in [0.25, 0.3) is 0 Å². The highest BCUT2D eigenvalue weighted by Gasteiger charge is 2.26. The van der Waals surface area contributed by atoms with Crippen LogP contribution in [0, 0.1) is 11.3 Å². The number of piperidine rings is 1. The Bertz CT molecular complexity index is 468. The first-order valence-electron chi connectivity index (χ1n) is 8.11. The summed E-state index contributed by atoms with van der Waals surface area (Å²) in [4.78, 5) is 2.47. The van der Waals surface area contributed by atoms with Crippen LogP contribution in [0.5, 0.6) is 0 Å². The summed E-state index contributed by atoms with van der Waals surface area (Å²) in [5, 5.41) is 4.34. The van der Waals surface area contributed by atoms with Crippen LogP contribution in [0.3, 0.4) is 0 Å². The van der Waals surface area contributed by atoms with Crippen molar-refractivity contribution in [3.05, 3.63) is 28.8 Å². The van der Waals surface area contributed by atoms with Gasteiger partial charge in [-0.1, -0.05) is 45.4 Å². The molecule has 1 aliphatic rings. The molecule has 0 amide bonds. The summed E-state index contributed by atoms with van der Waals surface area (Å²) in [5.74, 6) is 0.665. The van der Waals surface area contributed by atoms with Gasteiger partial charge in [-0.15, -0.1) is 0 Å². The second-order valence-electron chi connectivity index (χ2n) is 7.49. The van der Waals surface area contributed by atoms with Gasteiger partial charge in [0.2, 0.25) is 0 Å². The van der Waals surface area contributed by atoms with E-state index in [4.69, 9.17) is 11.6 Å². The zero-order valence-corrected chi connectivity index (χ0v) is 14.6. The molecule has 2 nitrogen and oxygen atoms in total. The van der Waals surface area contributed by atoms with Gasteiger partial charge in [0.15, 0.2) is 0 Å². The van der Waals surface area contributed by atoms with Crippen LogP contribution in [0.2, 0.25) is 5.02 Å². The number of nitrogens with one attached hydrogen (secondary N) is 1. The Morgan fingerprint density at radius 1 is 1.33 bits per heavy atom. The van der Waals surface area contributed by atoms with Crippen LogP contribution in [0.15, 0.2) is 18.2 Å². The molecule has 1 aromatic carbocycles. The molecular weight excluding hydrogens is 280 g/mol. The summed E-state index contributed by atoms with van der Waals surface area (Å²) in [7, 11) is 0. The first-order chi connectivity index (χ1) is 9.87. The van der Waals surface area contributed by atoms with E-state index in [9.17, 15) is 0 Å². The topological polar surface area (TPSA) is 15.3 Å². The van der Waals surface area contributed by atoms with Crippen LogP contribution in [-0.2, 0) is 6.54 Å². The lowest BCUT2D eigenvalue weighted by Gasteiger charge is -2.39. The zero-order chi connectivity index (χ0) is 15.5. The Labute approximate surface area is 134 Å². The maximum absolute atomic E-state index is 6.47. The molecule has 1 fully saturated rings. The van der Waals surface area contributed by atoms with Crippen molar-refractivity contribution in [1.29, 1.82) is 0 Å². The zero-order valence-electron chi connectivity index (χ0n) is 13.9. The summed E-state index contributed by atoms with van der Waals surface area (Å²) in [6.07, 6.45) is 2.58. The largest absolute Gasteiger partial charge is 0.371 e. The smallest absolute Gasteiger partial charge is 0.0471 e. The fourth-order valence-electron chi connectivity index (χ4n) is 3.02. The molecule has 0 bridgehead atoms. The predicted molar refractivity (Wildman–Crippen MR) is 93.2 cm³/mol. The van der Waals surface area contributed by atoms with E-state index in [-0.39, 0.29) is 0 Å². The van der Waals surface area contributed by atoms with Gasteiger partial charge in [0, 0.05) is 30.3 Å². The molecule has 1 aromatic rings. The fraction of sp³-hybridized carbons (Fsp3) is 0.667. The Kier molecular flexibility index (Phi) is 5.56. The molecule has 0 saturated carbocycles. The molecule has 0 atom stereocenters. The molecule has 1 saturated heterocycles. The summed E-state index contributed by atoms with van der Waals surface area (Å²) in [6.45, 7) is 13.3. The number of hydrogen-bond acceptors (Lipinski definition) is 2. The highest BCUT2D eigenvalue weighted by Crippen LogP contribution is 2.33. The Balaban J connectivity index is 2.01. The van der Waals surface area contributed by atoms with Gasteiger partial charge in [0.1, 0.15) is 0 Å². The van der Waals surface area contributed by atoms with E-state index in [1.165, 1.54) is 24.1 Å². The van der Waals surface area contributed by atoms with Gasteiger partial charge < -0.3 is 10.2 Å². The molecule has 0 aromatic heterocycles. The summed E-state index contributed by atoms with van der Waals surface area (Å²) >= 11 is 6.47. The van der Waals surface area contributed by atoms with Crippen molar-refractivity contribution in [1.82, 2.24) is 5.32 Å². The molecule has 3 heteroatoms. The Morgan fingerprint density at radius 2 is 2.10 bits per heavy atom. The van der Waals surface area contributed by atoms with E-state index in [0.717, 1.165) is 31.2 Å². The molecular formula is C18H29ClN2. The fourth-order valence-corrected chi connectivity index (χ4v) is 3.26. The van der Waals surface area contributed by atoms with Gasteiger partial charge in [-0.3, -0.25) is 0 Å². The minimum Gasteiger partial charge on any atom is -0.371 e. The van der Waals surface area contributed by atoms with Crippen molar-refractivity contribution >= 4 is 17.3 Å². The maximum Gasteiger partial charge on any atom is 0.0471 e. The van der Waals surface area contributed by atoms with E-state index in [1.54, 1.807) is 0 Å². The van der Waals surface area contributed by atoms with Crippen molar-refractivity contribution < 1.29 is 0 Å². The Morgan fingerprint density at radius 3 is 2.71 bits per heavy atom. The normalized spacial score (nSPS) is 18.3. The molecule has 1 N–H and O–H groups in total. The summed E-state index contributed by atoms with van der Waals surface area (Å²) < 4.78 is 0. The second kappa shape index (κ2) is 7.02. The van der Waals surface area contributed by atoms with Crippen LogP contribution in [-0.4, -0.2) is 19.6 Å². The van der Waals surface area contributed by atoms with Crippen molar-refractivity contribution in [2.24, 2.45) is 11.3 Å². The van der Waals surface area contributed by atoms with Crippen LogP contribution >= 0.6 is 11.6 Å². The molecule has 1 aliphatic heterocycles. The van der Waals surface area contributed by atoms with Gasteiger partial charge >= 0.3 is 0 Å². The highest BCUT2D eigenvalue weighted by molar-refractivity contribution is 6.31. The van der Waals surface area contributed by atoms with Crippen molar-refractivity contribution in [3.63, 3.8) is 0 Å². The SMILES string of the molecule is CC(C)CNCc1ccc(N2CCCC(C)(C)C2)cc1Cl. The third kappa shape index (κ3) is 4.89. The Hall–Kier alpha value is -0.730. The number of nitrogens with zero attached hydrogens (tertiary/aromatic N) is 1. The monoisotopic (exact) mass is 308 g/mol. The van der Waals surface area contributed by atoms with Crippen LogP contribution < -0.4 is 10.2 Å². The van der Waals surface area contributed by atoms with Gasteiger partial charge in [0.05, 0.1) is 0 Å². The maximum atomic E-state index is 6.47. The van der Waals surface area contributed by atoms with E-state index < -0.39 is 0 Å². The van der Waals surface area contributed by atoms with Gasteiger partial charge in [-0.05, 0) is 48.4 Å². The summed E-state index contributed by atoms with van der Waals surface area (Å²) in [6, 6.07) is 6.53. The predicted octanol–water partition coefficient (Wildman–Crippen LogP) is 4.71. The van der Waals surface area contributed by atoms with Crippen LogP contribution in [0.1, 0.15) is 46.1 Å². The third-order valence-corrected chi connectivity index (χ3v) is 4.52. The lowest BCUT2D eigenvalue weighted by Crippen LogP contribution is -2.40. The second-order valence-corrected chi connectivity index (χ2v) is 7.90. The number of benzene rings is 1. The molecule has 118 valence electrons. The number of halogens is 1. The molecule has 2 rings (SSSR count).